The van der Waals surface area contributed by atoms with Gasteiger partial charge in [0.25, 0.3) is 0 Å². The highest BCUT2D eigenvalue weighted by molar-refractivity contribution is 5.22. The van der Waals surface area contributed by atoms with E-state index in [0.29, 0.717) is 18.2 Å². The molecule has 0 unspecified atom stereocenters. The van der Waals surface area contributed by atoms with E-state index >= 15 is 0 Å². The van der Waals surface area contributed by atoms with Crippen LogP contribution in [0.4, 0.5) is 0 Å². The van der Waals surface area contributed by atoms with E-state index in [1.54, 1.807) is 19.4 Å². The van der Waals surface area contributed by atoms with Crippen LogP contribution in [0.15, 0.2) is 42.6 Å². The monoisotopic (exact) mass is 214 g/mol. The molecule has 2 aromatic rings. The van der Waals surface area contributed by atoms with Gasteiger partial charge >= 0.3 is 0 Å². The molecule has 0 saturated heterocycles. The van der Waals surface area contributed by atoms with Crippen LogP contribution < -0.4 is 9.47 Å². The highest BCUT2D eigenvalue weighted by Gasteiger charge is 1.98. The zero-order valence-corrected chi connectivity index (χ0v) is 9.01. The van der Waals surface area contributed by atoms with Crippen LogP contribution in [-0.4, -0.2) is 12.1 Å². The van der Waals surface area contributed by atoms with E-state index < -0.39 is 0 Å². The van der Waals surface area contributed by atoms with Gasteiger partial charge in [-0.25, -0.2) is 4.98 Å². The summed E-state index contributed by atoms with van der Waals surface area (Å²) in [6.45, 7) is 0.497. The van der Waals surface area contributed by atoms with Crippen LogP contribution in [0.1, 0.15) is 5.56 Å². The van der Waals surface area contributed by atoms with Gasteiger partial charge in [0.1, 0.15) is 12.4 Å². The number of pyridine rings is 1. The van der Waals surface area contributed by atoms with Gasteiger partial charge in [0.15, 0.2) is 0 Å². The van der Waals surface area contributed by atoms with Gasteiger partial charge in [-0.3, -0.25) is 0 Å². The fourth-order valence-corrected chi connectivity index (χ4v) is 1.25. The molecule has 0 amide bonds. The lowest BCUT2D eigenvalue weighted by molar-refractivity contribution is 0.292. The Labute approximate surface area is 94.7 Å². The number of nitrogens with zero attached hydrogens (tertiary/aromatic N) is 1. The molecule has 0 aliphatic carbocycles. The average molecular weight is 214 g/mol. The summed E-state index contributed by atoms with van der Waals surface area (Å²) in [5, 5.41) is 0. The Morgan fingerprint density at radius 3 is 2.69 bits per heavy atom. The Hall–Kier alpha value is -2.03. The van der Waals surface area contributed by atoms with E-state index in [2.05, 4.69) is 11.1 Å². The quantitative estimate of drug-likeness (QED) is 0.783. The maximum Gasteiger partial charge on any atom is 0.222 e. The zero-order valence-electron chi connectivity index (χ0n) is 9.01. The molecule has 0 bridgehead atoms. The van der Waals surface area contributed by atoms with Crippen molar-refractivity contribution >= 4 is 0 Å². The van der Waals surface area contributed by atoms with Crippen LogP contribution in [-0.2, 0) is 6.61 Å². The Bertz CT molecular complexity index is 425. The van der Waals surface area contributed by atoms with Crippen molar-refractivity contribution in [2.75, 3.05) is 7.11 Å². The van der Waals surface area contributed by atoms with Gasteiger partial charge < -0.3 is 9.47 Å². The highest BCUT2D eigenvalue weighted by Crippen LogP contribution is 2.13. The van der Waals surface area contributed by atoms with Gasteiger partial charge in [0.05, 0.1) is 19.4 Å². The summed E-state index contributed by atoms with van der Waals surface area (Å²) in [4.78, 5) is 4.06. The Balaban J connectivity index is 1.94. The van der Waals surface area contributed by atoms with Crippen molar-refractivity contribution in [3.63, 3.8) is 0 Å². The van der Waals surface area contributed by atoms with Crippen LogP contribution >= 0.6 is 0 Å². The van der Waals surface area contributed by atoms with Gasteiger partial charge in [-0.2, -0.15) is 0 Å². The molecule has 1 aromatic carbocycles. The summed E-state index contributed by atoms with van der Waals surface area (Å²) in [7, 11) is 1.59. The Morgan fingerprint density at radius 2 is 2.06 bits per heavy atom. The van der Waals surface area contributed by atoms with E-state index in [4.69, 9.17) is 9.47 Å². The molecular weight excluding hydrogens is 202 g/mol. The summed E-state index contributed by atoms with van der Waals surface area (Å²) < 4.78 is 10.5. The first-order chi connectivity index (χ1) is 7.88. The van der Waals surface area contributed by atoms with Crippen LogP contribution in [0.2, 0.25) is 0 Å². The summed E-state index contributed by atoms with van der Waals surface area (Å²) in [6.07, 6.45) is 1.61. The Kier molecular flexibility index (Phi) is 3.38. The molecule has 3 nitrogen and oxygen atoms in total. The van der Waals surface area contributed by atoms with E-state index in [0.717, 1.165) is 5.56 Å². The molecule has 0 fully saturated rings. The topological polar surface area (TPSA) is 31.4 Å². The SMILES string of the molecule is COc1c[c]c(OCc2ccccc2)nc1. The molecule has 2 rings (SSSR count). The molecule has 16 heavy (non-hydrogen) atoms. The summed E-state index contributed by atoms with van der Waals surface area (Å²) in [5.41, 5.74) is 1.11. The van der Waals surface area contributed by atoms with Gasteiger partial charge in [-0.05, 0) is 11.6 Å². The molecule has 3 heteroatoms. The lowest BCUT2D eigenvalue weighted by Crippen LogP contribution is -1.97. The van der Waals surface area contributed by atoms with E-state index in [-0.39, 0.29) is 0 Å². The fraction of sp³-hybridized carbons (Fsp3) is 0.154. The van der Waals surface area contributed by atoms with Gasteiger partial charge in [-0.15, -0.1) is 0 Å². The second-order valence-corrected chi connectivity index (χ2v) is 3.23. The fourth-order valence-electron chi connectivity index (χ4n) is 1.25. The molecule has 0 saturated carbocycles. The lowest BCUT2D eigenvalue weighted by atomic mass is 10.2. The van der Waals surface area contributed by atoms with E-state index in [1.165, 1.54) is 0 Å². The maximum atomic E-state index is 5.47. The summed E-state index contributed by atoms with van der Waals surface area (Å²) >= 11 is 0. The van der Waals surface area contributed by atoms with E-state index in [1.807, 2.05) is 30.3 Å². The lowest BCUT2D eigenvalue weighted by Gasteiger charge is -2.05. The van der Waals surface area contributed by atoms with Crippen molar-refractivity contribution in [3.05, 3.63) is 54.2 Å². The van der Waals surface area contributed by atoms with Crippen molar-refractivity contribution in [3.8, 4) is 11.6 Å². The second-order valence-electron chi connectivity index (χ2n) is 3.23. The average Bonchev–Trinajstić information content (AvgIpc) is 2.38. The van der Waals surface area contributed by atoms with Crippen molar-refractivity contribution in [1.82, 2.24) is 4.98 Å². The number of methoxy groups -OCH3 is 1. The second kappa shape index (κ2) is 5.16. The molecule has 0 aliphatic rings. The molecule has 1 radical (unpaired) electrons. The van der Waals surface area contributed by atoms with Gasteiger partial charge in [0.2, 0.25) is 5.88 Å². The third-order valence-electron chi connectivity index (χ3n) is 2.10. The first-order valence-corrected chi connectivity index (χ1v) is 4.97. The van der Waals surface area contributed by atoms with Gasteiger partial charge in [0, 0.05) is 0 Å². The molecule has 0 spiro atoms. The van der Waals surface area contributed by atoms with Crippen molar-refractivity contribution in [1.29, 1.82) is 0 Å². The summed E-state index contributed by atoms with van der Waals surface area (Å²) in [5.74, 6) is 1.15. The number of rotatable bonds is 4. The first kappa shape index (κ1) is 10.5. The molecule has 81 valence electrons. The predicted molar refractivity (Wildman–Crippen MR) is 60.4 cm³/mol. The molecule has 1 aromatic heterocycles. The minimum atomic E-state index is 0.477. The summed E-state index contributed by atoms with van der Waals surface area (Å²) in [6, 6.07) is 14.5. The minimum Gasteiger partial charge on any atom is -0.495 e. The highest BCUT2D eigenvalue weighted by atomic mass is 16.5. The molecular formula is C13H12NO2. The third kappa shape index (κ3) is 2.73. The number of benzene rings is 1. The molecule has 1 heterocycles. The standard InChI is InChI=1S/C13H12NO2/c1-15-12-7-8-13(14-9-12)16-10-11-5-3-2-4-6-11/h2-7,9H,10H2,1H3. The molecule has 0 aliphatic heterocycles. The number of hydrogen-bond donors (Lipinski definition) is 0. The third-order valence-corrected chi connectivity index (χ3v) is 2.10. The maximum absolute atomic E-state index is 5.47. The van der Waals surface area contributed by atoms with Crippen molar-refractivity contribution in [2.24, 2.45) is 0 Å². The first-order valence-electron chi connectivity index (χ1n) is 4.97. The number of hydrogen-bond acceptors (Lipinski definition) is 3. The normalized spacial score (nSPS) is 9.81. The van der Waals surface area contributed by atoms with Crippen LogP contribution in [0.5, 0.6) is 11.6 Å². The Morgan fingerprint density at radius 1 is 1.25 bits per heavy atom. The van der Waals surface area contributed by atoms with Crippen LogP contribution in [0, 0.1) is 6.07 Å². The number of ether oxygens (including phenoxy) is 2. The zero-order chi connectivity index (χ0) is 11.2. The van der Waals surface area contributed by atoms with Crippen LogP contribution in [0.3, 0.4) is 0 Å². The largest absolute Gasteiger partial charge is 0.495 e. The van der Waals surface area contributed by atoms with Crippen molar-refractivity contribution < 1.29 is 9.47 Å². The van der Waals surface area contributed by atoms with Crippen molar-refractivity contribution in [2.45, 2.75) is 6.61 Å². The smallest absolute Gasteiger partial charge is 0.222 e. The number of aromatic nitrogens is 1. The predicted octanol–water partition coefficient (Wildman–Crippen LogP) is 2.47. The minimum absolute atomic E-state index is 0.477. The van der Waals surface area contributed by atoms with Crippen LogP contribution in [0.25, 0.3) is 0 Å². The molecule has 0 atom stereocenters. The van der Waals surface area contributed by atoms with E-state index in [9.17, 15) is 0 Å². The van der Waals surface area contributed by atoms with Gasteiger partial charge in [-0.1, -0.05) is 30.3 Å². The molecule has 0 N–H and O–H groups in total.